The molecular weight excluding hydrogens is 322 g/mol. The van der Waals surface area contributed by atoms with Crippen molar-refractivity contribution in [2.45, 2.75) is 18.6 Å². The average molecular weight is 339 g/mol. The molecule has 0 aromatic heterocycles. The van der Waals surface area contributed by atoms with E-state index in [1.807, 2.05) is 24.3 Å². The van der Waals surface area contributed by atoms with Crippen LogP contribution in [-0.4, -0.2) is 28.8 Å². The summed E-state index contributed by atoms with van der Waals surface area (Å²) in [6, 6.07) is 12.0. The van der Waals surface area contributed by atoms with E-state index in [0.717, 1.165) is 11.1 Å². The Kier molecular flexibility index (Phi) is 3.47. The van der Waals surface area contributed by atoms with Crippen molar-refractivity contribution >= 4 is 17.3 Å². The van der Waals surface area contributed by atoms with Crippen LogP contribution >= 0.6 is 0 Å². The summed E-state index contributed by atoms with van der Waals surface area (Å²) in [5.41, 5.74) is 7.92. The van der Waals surface area contributed by atoms with Crippen molar-refractivity contribution in [3.05, 3.63) is 69.3 Å². The van der Waals surface area contributed by atoms with Gasteiger partial charge in [-0.25, -0.2) is 0 Å². The predicted molar refractivity (Wildman–Crippen MR) is 90.9 cm³/mol. The third kappa shape index (κ3) is 2.44. The monoisotopic (exact) mass is 339 g/mol. The van der Waals surface area contributed by atoms with E-state index in [9.17, 15) is 14.9 Å². The number of carbonyl (C=O) groups excluding carboxylic acids is 1. The number of carbonyl (C=O) groups is 1. The van der Waals surface area contributed by atoms with Gasteiger partial charge in [-0.3, -0.25) is 14.9 Å². The smallest absolute Gasteiger partial charge is 0.270 e. The zero-order valence-electron chi connectivity index (χ0n) is 13.5. The molecule has 0 radical (unpaired) electrons. The number of likely N-dealkylation sites (tertiary alicyclic amines) is 1. The molecule has 2 aromatic rings. The lowest BCUT2D eigenvalue weighted by Crippen LogP contribution is -2.34. The van der Waals surface area contributed by atoms with Gasteiger partial charge in [0.1, 0.15) is 5.60 Å². The van der Waals surface area contributed by atoms with Crippen LogP contribution in [0.3, 0.4) is 0 Å². The molecule has 4 rings (SSSR count). The Balaban J connectivity index is 1.62. The van der Waals surface area contributed by atoms with E-state index in [1.165, 1.54) is 18.2 Å². The highest BCUT2D eigenvalue weighted by Crippen LogP contribution is 2.43. The van der Waals surface area contributed by atoms with Crippen molar-refractivity contribution in [2.75, 3.05) is 18.8 Å². The summed E-state index contributed by atoms with van der Waals surface area (Å²) < 4.78 is 6.05. The standard InChI is InChI=1S/C18H17N3O4/c19-16-6-5-13(21(23)24)9-14(16)17(22)20-8-7-18(11-20)15-4-2-1-3-12(15)10-25-18/h1-6,9H,7-8,10-11,19H2/t18-/m0/s1. The van der Waals surface area contributed by atoms with Crippen molar-refractivity contribution in [3.63, 3.8) is 0 Å². The number of nitrogens with two attached hydrogens (primary N) is 1. The Labute approximate surface area is 144 Å². The van der Waals surface area contributed by atoms with Gasteiger partial charge < -0.3 is 15.4 Å². The first-order valence-corrected chi connectivity index (χ1v) is 8.06. The fourth-order valence-corrected chi connectivity index (χ4v) is 3.69. The van der Waals surface area contributed by atoms with Crippen LogP contribution in [-0.2, 0) is 16.9 Å². The minimum atomic E-state index is -0.530. The van der Waals surface area contributed by atoms with Gasteiger partial charge in [0.2, 0.25) is 0 Å². The van der Waals surface area contributed by atoms with Gasteiger partial charge >= 0.3 is 0 Å². The Morgan fingerprint density at radius 1 is 1.28 bits per heavy atom. The SMILES string of the molecule is Nc1ccc([N+](=O)[O-])cc1C(=O)N1CC[C@@]2(C1)OCc1ccccc12. The second kappa shape index (κ2) is 5.56. The molecule has 1 atom stereocenters. The number of amides is 1. The van der Waals surface area contributed by atoms with Gasteiger partial charge in [0, 0.05) is 24.4 Å². The number of non-ortho nitro benzene ring substituents is 1. The topological polar surface area (TPSA) is 98.7 Å². The average Bonchev–Trinajstić information content (AvgIpc) is 3.20. The maximum absolute atomic E-state index is 12.9. The summed E-state index contributed by atoms with van der Waals surface area (Å²) >= 11 is 0. The summed E-state index contributed by atoms with van der Waals surface area (Å²) in [5, 5.41) is 11.0. The minimum absolute atomic E-state index is 0.145. The molecule has 2 aromatic carbocycles. The van der Waals surface area contributed by atoms with Gasteiger partial charge in [-0.2, -0.15) is 0 Å². The molecule has 0 saturated carbocycles. The number of nitrogens with zero attached hydrogens (tertiary/aromatic N) is 2. The number of benzene rings is 2. The highest BCUT2D eigenvalue weighted by Gasteiger charge is 2.47. The molecule has 0 unspecified atom stereocenters. The largest absolute Gasteiger partial charge is 0.398 e. The molecule has 2 heterocycles. The number of ether oxygens (including phenoxy) is 1. The lowest BCUT2D eigenvalue weighted by molar-refractivity contribution is -0.384. The summed E-state index contributed by atoms with van der Waals surface area (Å²) in [6.45, 7) is 1.48. The molecular formula is C18H17N3O4. The number of fused-ring (bicyclic) bond motifs is 2. The van der Waals surface area contributed by atoms with Crippen LogP contribution in [0.15, 0.2) is 42.5 Å². The van der Waals surface area contributed by atoms with E-state index in [-0.39, 0.29) is 22.8 Å². The third-order valence-electron chi connectivity index (χ3n) is 5.01. The lowest BCUT2D eigenvalue weighted by Gasteiger charge is -2.25. The van der Waals surface area contributed by atoms with Crippen molar-refractivity contribution in [1.29, 1.82) is 0 Å². The van der Waals surface area contributed by atoms with Crippen LogP contribution in [0, 0.1) is 10.1 Å². The van der Waals surface area contributed by atoms with Crippen molar-refractivity contribution in [3.8, 4) is 0 Å². The zero-order chi connectivity index (χ0) is 17.6. The lowest BCUT2D eigenvalue weighted by atomic mass is 9.92. The van der Waals surface area contributed by atoms with Crippen molar-refractivity contribution < 1.29 is 14.5 Å². The summed E-state index contributed by atoms with van der Waals surface area (Å²) in [5.74, 6) is -0.300. The van der Waals surface area contributed by atoms with Gasteiger partial charge in [0.15, 0.2) is 0 Å². The second-order valence-electron chi connectivity index (χ2n) is 6.45. The molecule has 0 aliphatic carbocycles. The van der Waals surface area contributed by atoms with E-state index >= 15 is 0 Å². The van der Waals surface area contributed by atoms with E-state index in [0.29, 0.717) is 26.1 Å². The van der Waals surface area contributed by atoms with Crippen molar-refractivity contribution in [2.24, 2.45) is 0 Å². The first-order chi connectivity index (χ1) is 12.0. The Hall–Kier alpha value is -2.93. The van der Waals surface area contributed by atoms with Crippen LogP contribution in [0.25, 0.3) is 0 Å². The van der Waals surface area contributed by atoms with Crippen LogP contribution in [0.4, 0.5) is 11.4 Å². The molecule has 1 amide bonds. The molecule has 2 aliphatic rings. The molecule has 2 aliphatic heterocycles. The third-order valence-corrected chi connectivity index (χ3v) is 5.01. The van der Waals surface area contributed by atoms with Crippen molar-refractivity contribution in [1.82, 2.24) is 4.90 Å². The molecule has 25 heavy (non-hydrogen) atoms. The van der Waals surface area contributed by atoms with E-state index in [1.54, 1.807) is 4.90 Å². The van der Waals surface area contributed by atoms with E-state index in [2.05, 4.69) is 0 Å². The molecule has 1 saturated heterocycles. The maximum Gasteiger partial charge on any atom is 0.270 e. The van der Waals surface area contributed by atoms with Crippen LogP contribution in [0.1, 0.15) is 27.9 Å². The highest BCUT2D eigenvalue weighted by atomic mass is 16.6. The molecule has 7 heteroatoms. The van der Waals surface area contributed by atoms with Crippen LogP contribution in [0.5, 0.6) is 0 Å². The molecule has 128 valence electrons. The predicted octanol–water partition coefficient (Wildman–Crippen LogP) is 2.45. The highest BCUT2D eigenvalue weighted by molar-refractivity contribution is 6.00. The van der Waals surface area contributed by atoms with Crippen LogP contribution < -0.4 is 5.73 Å². The minimum Gasteiger partial charge on any atom is -0.398 e. The zero-order valence-corrected chi connectivity index (χ0v) is 13.5. The Bertz CT molecular complexity index is 882. The Morgan fingerprint density at radius 2 is 2.08 bits per heavy atom. The number of nitro groups is 1. The van der Waals surface area contributed by atoms with Gasteiger partial charge in [0.05, 0.1) is 23.6 Å². The fourth-order valence-electron chi connectivity index (χ4n) is 3.69. The molecule has 0 bridgehead atoms. The number of nitrogen functional groups attached to an aromatic ring is 1. The summed E-state index contributed by atoms with van der Waals surface area (Å²) in [4.78, 5) is 25.0. The number of anilines is 1. The number of hydrogen-bond acceptors (Lipinski definition) is 5. The van der Waals surface area contributed by atoms with Gasteiger partial charge in [-0.05, 0) is 23.6 Å². The Morgan fingerprint density at radius 3 is 2.88 bits per heavy atom. The molecule has 2 N–H and O–H groups in total. The number of nitro benzene ring substituents is 1. The first kappa shape index (κ1) is 15.6. The van der Waals surface area contributed by atoms with E-state index in [4.69, 9.17) is 10.5 Å². The van der Waals surface area contributed by atoms with Gasteiger partial charge in [-0.15, -0.1) is 0 Å². The van der Waals surface area contributed by atoms with Crippen LogP contribution in [0.2, 0.25) is 0 Å². The number of rotatable bonds is 2. The molecule has 7 nitrogen and oxygen atoms in total. The first-order valence-electron chi connectivity index (χ1n) is 8.06. The summed E-state index contributed by atoms with van der Waals surface area (Å²) in [6.07, 6.45) is 0.699. The second-order valence-corrected chi connectivity index (χ2v) is 6.45. The normalized spacial score (nSPS) is 21.5. The summed E-state index contributed by atoms with van der Waals surface area (Å²) in [7, 11) is 0. The number of hydrogen-bond donors (Lipinski definition) is 1. The molecule has 1 spiro atoms. The maximum atomic E-state index is 12.9. The van der Waals surface area contributed by atoms with Gasteiger partial charge in [-0.1, -0.05) is 24.3 Å². The van der Waals surface area contributed by atoms with Gasteiger partial charge in [0.25, 0.3) is 11.6 Å². The van der Waals surface area contributed by atoms with E-state index < -0.39 is 10.5 Å². The molecule has 1 fully saturated rings. The quantitative estimate of drug-likeness (QED) is 0.515. The fraction of sp³-hybridized carbons (Fsp3) is 0.278.